The minimum atomic E-state index is 0. The Morgan fingerprint density at radius 3 is 1.58 bits per heavy atom. The Morgan fingerprint density at radius 2 is 1.12 bits per heavy atom. The van der Waals surface area contributed by atoms with Crippen LogP contribution >= 0.6 is 0 Å². The Kier molecular flexibility index (Phi) is 14.5. The molecule has 0 bridgehead atoms. The molecule has 146 valence electrons. The van der Waals surface area contributed by atoms with E-state index in [9.17, 15) is 0 Å². The molecule has 2 atom stereocenters. The molecule has 0 aromatic rings. The van der Waals surface area contributed by atoms with Gasteiger partial charge >= 0.3 is 0 Å². The highest BCUT2D eigenvalue weighted by Gasteiger charge is 2.50. The molecular formula is C21H44ClNO. The quantitative estimate of drug-likeness (QED) is 0.233. The highest BCUT2D eigenvalue weighted by atomic mass is 35.5. The molecule has 1 aliphatic rings. The Bertz CT molecular complexity index is 283. The highest BCUT2D eigenvalue weighted by molar-refractivity contribution is 4.77. The first-order chi connectivity index (χ1) is 11.1. The number of epoxide rings is 1. The van der Waals surface area contributed by atoms with Crippen LogP contribution in [0.5, 0.6) is 0 Å². The topological polar surface area (TPSA) is 12.5 Å². The van der Waals surface area contributed by atoms with Gasteiger partial charge < -0.3 is 21.6 Å². The van der Waals surface area contributed by atoms with Gasteiger partial charge in [-0.15, -0.1) is 0 Å². The fraction of sp³-hybridized carbons (Fsp3) is 1.00. The van der Waals surface area contributed by atoms with Gasteiger partial charge in [0.1, 0.15) is 6.10 Å². The van der Waals surface area contributed by atoms with Crippen LogP contribution < -0.4 is 12.4 Å². The fourth-order valence-electron chi connectivity index (χ4n) is 3.85. The van der Waals surface area contributed by atoms with Gasteiger partial charge in [0, 0.05) is 0 Å². The average Bonchev–Trinajstić information content (AvgIpc) is 3.29. The van der Waals surface area contributed by atoms with Crippen molar-refractivity contribution in [2.45, 2.75) is 116 Å². The van der Waals surface area contributed by atoms with Crippen molar-refractivity contribution in [3.8, 4) is 0 Å². The standard InChI is InChI=1S/C21H44NO.ClH/c1-5-7-8-9-10-11-12-13-14-15-16-17-18-20-21(23-20)22(3,4)19-6-2;/h20-21H,5-19H2,1-4H3;1H/q+1;/p-1. The second kappa shape index (κ2) is 14.4. The number of rotatable bonds is 16. The van der Waals surface area contributed by atoms with Gasteiger partial charge in [-0.3, -0.25) is 0 Å². The van der Waals surface area contributed by atoms with E-state index in [1.54, 1.807) is 0 Å². The average molecular weight is 362 g/mol. The predicted octanol–water partition coefficient (Wildman–Crippen LogP) is 3.29. The summed E-state index contributed by atoms with van der Waals surface area (Å²) in [7, 11) is 4.63. The number of quaternary nitrogens is 1. The SMILES string of the molecule is CCCCCCCCCCCCCCC1OC1[N+](C)(C)CCC.[Cl-]. The lowest BCUT2D eigenvalue weighted by Gasteiger charge is -2.27. The van der Waals surface area contributed by atoms with E-state index in [1.165, 1.54) is 96.4 Å². The molecule has 0 aromatic heterocycles. The Labute approximate surface area is 158 Å². The highest BCUT2D eigenvalue weighted by Crippen LogP contribution is 2.33. The predicted molar refractivity (Wildman–Crippen MR) is 102 cm³/mol. The zero-order valence-corrected chi connectivity index (χ0v) is 17.8. The molecule has 0 aliphatic carbocycles. The maximum atomic E-state index is 5.91. The monoisotopic (exact) mass is 361 g/mol. The van der Waals surface area contributed by atoms with Crippen molar-refractivity contribution in [1.82, 2.24) is 0 Å². The molecule has 3 heteroatoms. The van der Waals surface area contributed by atoms with E-state index < -0.39 is 0 Å². The molecule has 1 aliphatic heterocycles. The van der Waals surface area contributed by atoms with Gasteiger partial charge in [0.05, 0.1) is 20.6 Å². The van der Waals surface area contributed by atoms with E-state index in [0.29, 0.717) is 12.3 Å². The van der Waals surface area contributed by atoms with Crippen molar-refractivity contribution in [2.75, 3.05) is 20.6 Å². The largest absolute Gasteiger partial charge is 1.00 e. The second-order valence-corrected chi connectivity index (χ2v) is 8.25. The van der Waals surface area contributed by atoms with E-state index in [4.69, 9.17) is 4.74 Å². The lowest BCUT2D eigenvalue weighted by Crippen LogP contribution is -3.00. The van der Waals surface area contributed by atoms with Crippen LogP contribution in [0, 0.1) is 0 Å². The lowest BCUT2D eigenvalue weighted by molar-refractivity contribution is -0.911. The van der Waals surface area contributed by atoms with Gasteiger partial charge in [0.15, 0.2) is 0 Å². The zero-order valence-electron chi connectivity index (χ0n) is 17.0. The first-order valence-corrected chi connectivity index (χ1v) is 10.6. The number of unbranched alkanes of at least 4 members (excludes halogenated alkanes) is 11. The van der Waals surface area contributed by atoms with Gasteiger partial charge in [0.25, 0.3) is 0 Å². The second-order valence-electron chi connectivity index (χ2n) is 8.25. The summed E-state index contributed by atoms with van der Waals surface area (Å²) in [6.45, 7) is 5.79. The summed E-state index contributed by atoms with van der Waals surface area (Å²) < 4.78 is 6.96. The molecule has 1 fully saturated rings. The number of hydrogen-bond acceptors (Lipinski definition) is 1. The normalized spacial score (nSPS) is 20.0. The van der Waals surface area contributed by atoms with Crippen LogP contribution in [0.1, 0.15) is 104 Å². The van der Waals surface area contributed by atoms with Crippen LogP contribution in [-0.2, 0) is 4.74 Å². The summed E-state index contributed by atoms with van der Waals surface area (Å²) in [4.78, 5) is 0. The van der Waals surface area contributed by atoms with E-state index >= 15 is 0 Å². The third-order valence-electron chi connectivity index (χ3n) is 5.39. The van der Waals surface area contributed by atoms with Crippen LogP contribution in [0.4, 0.5) is 0 Å². The lowest BCUT2D eigenvalue weighted by atomic mass is 10.0. The molecule has 0 amide bonds. The molecule has 2 nitrogen and oxygen atoms in total. The summed E-state index contributed by atoms with van der Waals surface area (Å²) in [6.07, 6.45) is 20.8. The summed E-state index contributed by atoms with van der Waals surface area (Å²) in [6, 6.07) is 0. The Hall–Kier alpha value is 0.210. The van der Waals surface area contributed by atoms with Crippen LogP contribution in [-0.4, -0.2) is 37.5 Å². The van der Waals surface area contributed by atoms with Crippen molar-refractivity contribution >= 4 is 0 Å². The molecule has 0 aromatic carbocycles. The number of halogens is 1. The third kappa shape index (κ3) is 10.9. The Balaban J connectivity index is 0.00000529. The molecule has 0 saturated carbocycles. The van der Waals surface area contributed by atoms with Gasteiger partial charge in [-0.1, -0.05) is 90.9 Å². The smallest absolute Gasteiger partial charge is 0.220 e. The molecular weight excluding hydrogens is 318 g/mol. The van der Waals surface area contributed by atoms with Crippen molar-refractivity contribution in [2.24, 2.45) is 0 Å². The molecule has 1 rings (SSSR count). The van der Waals surface area contributed by atoms with Crippen LogP contribution in [0.15, 0.2) is 0 Å². The number of nitrogens with zero attached hydrogens (tertiary/aromatic N) is 1. The summed E-state index contributed by atoms with van der Waals surface area (Å²) >= 11 is 0. The van der Waals surface area contributed by atoms with E-state index in [0.717, 1.165) is 4.48 Å². The van der Waals surface area contributed by atoms with E-state index in [2.05, 4.69) is 27.9 Å². The van der Waals surface area contributed by atoms with Crippen molar-refractivity contribution < 1.29 is 21.6 Å². The van der Waals surface area contributed by atoms with Gasteiger partial charge in [-0.2, -0.15) is 0 Å². The minimum absolute atomic E-state index is 0. The molecule has 24 heavy (non-hydrogen) atoms. The summed E-state index contributed by atoms with van der Waals surface area (Å²) in [5, 5.41) is 0. The van der Waals surface area contributed by atoms with Crippen molar-refractivity contribution in [1.29, 1.82) is 0 Å². The van der Waals surface area contributed by atoms with Gasteiger partial charge in [-0.05, 0) is 12.8 Å². The summed E-state index contributed by atoms with van der Waals surface area (Å²) in [5.74, 6) is 0. The Morgan fingerprint density at radius 1 is 0.667 bits per heavy atom. The van der Waals surface area contributed by atoms with E-state index in [1.807, 2.05) is 0 Å². The maximum absolute atomic E-state index is 5.91. The van der Waals surface area contributed by atoms with Gasteiger partial charge in [-0.25, -0.2) is 0 Å². The molecule has 2 unspecified atom stereocenters. The maximum Gasteiger partial charge on any atom is 0.220 e. The number of likely N-dealkylation sites (N-methyl/N-ethyl adjacent to an activating group) is 1. The molecule has 1 heterocycles. The molecule has 1 saturated heterocycles. The molecule has 0 N–H and O–H groups in total. The van der Waals surface area contributed by atoms with Crippen molar-refractivity contribution in [3.05, 3.63) is 0 Å². The van der Waals surface area contributed by atoms with Crippen LogP contribution in [0.2, 0.25) is 0 Å². The molecule has 0 spiro atoms. The number of ether oxygens (including phenoxy) is 1. The van der Waals surface area contributed by atoms with Crippen LogP contribution in [0.3, 0.4) is 0 Å². The van der Waals surface area contributed by atoms with E-state index in [-0.39, 0.29) is 12.4 Å². The summed E-state index contributed by atoms with van der Waals surface area (Å²) in [5.41, 5.74) is 0. The third-order valence-corrected chi connectivity index (χ3v) is 5.39. The van der Waals surface area contributed by atoms with Gasteiger partial charge in [0.2, 0.25) is 6.23 Å². The number of hydrogen-bond donors (Lipinski definition) is 0. The first-order valence-electron chi connectivity index (χ1n) is 10.6. The first kappa shape index (κ1) is 24.2. The fourth-order valence-corrected chi connectivity index (χ4v) is 3.85. The minimum Gasteiger partial charge on any atom is -1.00 e. The van der Waals surface area contributed by atoms with Crippen LogP contribution in [0.25, 0.3) is 0 Å². The zero-order chi connectivity index (χ0) is 17.0. The van der Waals surface area contributed by atoms with Crippen molar-refractivity contribution in [3.63, 3.8) is 0 Å². The molecule has 0 radical (unpaired) electrons.